The molecule has 1 unspecified atom stereocenters. The van der Waals surface area contributed by atoms with Crippen molar-refractivity contribution < 1.29 is 9.53 Å². The second-order valence-electron chi connectivity index (χ2n) is 6.97. The summed E-state index contributed by atoms with van der Waals surface area (Å²) in [7, 11) is 1.58. The first-order valence-electron chi connectivity index (χ1n) is 9.67. The number of aromatic nitrogens is 2. The minimum Gasteiger partial charge on any atom is -0.468 e. The molecule has 0 saturated heterocycles. The Morgan fingerprint density at radius 2 is 1.93 bits per heavy atom. The number of imidazole rings is 1. The maximum Gasteiger partial charge on any atom is 0.300 e. The lowest BCUT2D eigenvalue weighted by Crippen LogP contribution is -2.49. The van der Waals surface area contributed by atoms with Gasteiger partial charge in [-0.05, 0) is 17.7 Å². The van der Waals surface area contributed by atoms with Gasteiger partial charge < -0.3 is 15.4 Å². The highest BCUT2D eigenvalue weighted by Gasteiger charge is 2.32. The highest BCUT2D eigenvalue weighted by atomic mass is 16.5. The van der Waals surface area contributed by atoms with Gasteiger partial charge in [0.15, 0.2) is 6.29 Å². The number of carbonyl (C=O) groups is 1. The van der Waals surface area contributed by atoms with Gasteiger partial charge in [0.05, 0.1) is 24.7 Å². The van der Waals surface area contributed by atoms with E-state index in [1.54, 1.807) is 13.3 Å². The third-order valence-corrected chi connectivity index (χ3v) is 5.13. The molecule has 8 heteroatoms. The minimum absolute atomic E-state index is 0.307. The highest BCUT2D eigenvalue weighted by molar-refractivity contribution is 6.13. The molecule has 3 aromatic rings. The maximum absolute atomic E-state index is 12.5. The summed E-state index contributed by atoms with van der Waals surface area (Å²) in [6.07, 6.45) is 1.65. The fraction of sp³-hybridized carbons (Fsp3) is 0.182. The second kappa shape index (κ2) is 7.47. The molecule has 5 rings (SSSR count). The van der Waals surface area contributed by atoms with Crippen LogP contribution in [-0.2, 0) is 11.3 Å². The molecule has 2 aromatic carbocycles. The Morgan fingerprint density at radius 3 is 2.77 bits per heavy atom. The smallest absolute Gasteiger partial charge is 0.300 e. The van der Waals surface area contributed by atoms with Crippen LogP contribution in [0.2, 0.25) is 0 Å². The number of rotatable bonds is 4. The second-order valence-corrected chi connectivity index (χ2v) is 6.97. The number of amides is 1. The molecule has 0 saturated carbocycles. The predicted octanol–water partition coefficient (Wildman–Crippen LogP) is 2.55. The van der Waals surface area contributed by atoms with E-state index >= 15 is 0 Å². The Balaban J connectivity index is 1.58. The number of amidine groups is 1. The van der Waals surface area contributed by atoms with Crippen molar-refractivity contribution in [3.63, 3.8) is 0 Å². The van der Waals surface area contributed by atoms with Gasteiger partial charge in [0, 0.05) is 18.2 Å². The zero-order valence-corrected chi connectivity index (χ0v) is 16.4. The summed E-state index contributed by atoms with van der Waals surface area (Å²) in [5.41, 5.74) is 4.02. The largest absolute Gasteiger partial charge is 0.468 e. The van der Waals surface area contributed by atoms with E-state index in [2.05, 4.69) is 20.6 Å². The Bertz CT molecular complexity index is 1210. The first-order valence-corrected chi connectivity index (χ1v) is 9.67. The van der Waals surface area contributed by atoms with Crippen LogP contribution in [0.1, 0.15) is 18.3 Å². The van der Waals surface area contributed by atoms with Crippen LogP contribution >= 0.6 is 0 Å². The van der Waals surface area contributed by atoms with Gasteiger partial charge in [-0.3, -0.25) is 14.4 Å². The molecule has 0 radical (unpaired) electrons. The Labute approximate surface area is 173 Å². The summed E-state index contributed by atoms with van der Waals surface area (Å²) in [4.78, 5) is 25.8. The van der Waals surface area contributed by atoms with Gasteiger partial charge >= 0.3 is 0 Å². The normalized spacial score (nSPS) is 19.6. The number of nitrogens with zero attached hydrogens (tertiary/aromatic N) is 4. The molecule has 0 aliphatic carbocycles. The number of aliphatic imine (C=N–C) groups is 2. The summed E-state index contributed by atoms with van der Waals surface area (Å²) >= 11 is 0. The van der Waals surface area contributed by atoms with Gasteiger partial charge in [0.25, 0.3) is 11.9 Å². The van der Waals surface area contributed by atoms with Crippen LogP contribution in [-0.4, -0.2) is 34.6 Å². The number of methoxy groups -OCH3 is 1. The van der Waals surface area contributed by atoms with E-state index < -0.39 is 6.29 Å². The van der Waals surface area contributed by atoms with Crippen LogP contribution in [0.3, 0.4) is 0 Å². The van der Waals surface area contributed by atoms with Crippen LogP contribution in [0.5, 0.6) is 6.01 Å². The van der Waals surface area contributed by atoms with Crippen LogP contribution in [0.4, 0.5) is 0 Å². The molecular weight excluding hydrogens is 380 g/mol. The molecule has 1 amide bonds. The number of benzene rings is 2. The van der Waals surface area contributed by atoms with Crippen molar-refractivity contribution in [3.8, 4) is 6.01 Å². The van der Waals surface area contributed by atoms with Gasteiger partial charge in [-0.2, -0.15) is 4.98 Å². The van der Waals surface area contributed by atoms with Gasteiger partial charge in [0.1, 0.15) is 11.5 Å². The Kier molecular flexibility index (Phi) is 4.51. The number of hydrogen-bond donors (Lipinski definition) is 2. The maximum atomic E-state index is 12.5. The number of ether oxygens (including phenoxy) is 1. The van der Waals surface area contributed by atoms with Crippen molar-refractivity contribution >= 4 is 29.0 Å². The molecule has 1 atom stereocenters. The highest BCUT2D eigenvalue weighted by Crippen LogP contribution is 2.28. The fourth-order valence-electron chi connectivity index (χ4n) is 3.71. The molecule has 2 aliphatic rings. The molecule has 0 bridgehead atoms. The van der Waals surface area contributed by atoms with E-state index in [0.717, 1.165) is 22.2 Å². The van der Waals surface area contributed by atoms with Crippen molar-refractivity contribution in [2.45, 2.75) is 19.3 Å². The Hall–Kier alpha value is -3.94. The third-order valence-electron chi connectivity index (χ3n) is 5.13. The number of nitrogens with one attached hydrogen (secondary N) is 2. The molecule has 0 fully saturated rings. The summed E-state index contributed by atoms with van der Waals surface area (Å²) in [6, 6.07) is 18.2. The van der Waals surface area contributed by atoms with E-state index in [1.165, 1.54) is 0 Å². The molecule has 30 heavy (non-hydrogen) atoms. The van der Waals surface area contributed by atoms with Crippen molar-refractivity contribution in [1.82, 2.24) is 20.2 Å². The molecule has 1 aromatic heterocycles. The first kappa shape index (κ1) is 18.1. The van der Waals surface area contributed by atoms with Gasteiger partial charge in [-0.1, -0.05) is 42.5 Å². The fourth-order valence-corrected chi connectivity index (χ4v) is 3.71. The van der Waals surface area contributed by atoms with E-state index in [0.29, 0.717) is 30.5 Å². The number of hydrogen-bond acceptors (Lipinski definition) is 5. The van der Waals surface area contributed by atoms with Crippen LogP contribution < -0.4 is 15.4 Å². The lowest BCUT2D eigenvalue weighted by Gasteiger charge is -2.33. The van der Waals surface area contributed by atoms with E-state index in [-0.39, 0.29) is 5.91 Å². The zero-order chi connectivity index (χ0) is 20.5. The number of para-hydroxylation sites is 2. The van der Waals surface area contributed by atoms with E-state index in [1.807, 2.05) is 59.2 Å². The molecule has 2 aliphatic heterocycles. The average Bonchev–Trinajstić information content (AvgIpc) is 3.17. The van der Waals surface area contributed by atoms with Crippen LogP contribution in [0, 0.1) is 0 Å². The monoisotopic (exact) mass is 400 g/mol. The van der Waals surface area contributed by atoms with Crippen LogP contribution in [0.25, 0.3) is 11.0 Å². The van der Waals surface area contributed by atoms with E-state index in [9.17, 15) is 4.79 Å². The van der Waals surface area contributed by atoms with Crippen LogP contribution in [0.15, 0.2) is 75.9 Å². The summed E-state index contributed by atoms with van der Waals surface area (Å²) < 4.78 is 7.39. The zero-order valence-electron chi connectivity index (χ0n) is 16.4. The summed E-state index contributed by atoms with van der Waals surface area (Å²) in [5, 5.41) is 6.69. The van der Waals surface area contributed by atoms with Crippen molar-refractivity contribution in [2.24, 2.45) is 9.98 Å². The van der Waals surface area contributed by atoms with Crippen molar-refractivity contribution in [3.05, 3.63) is 71.4 Å². The molecule has 150 valence electrons. The lowest BCUT2D eigenvalue weighted by molar-refractivity contribution is -0.115. The molecule has 8 nitrogen and oxygen atoms in total. The molecule has 2 N–H and O–H groups in total. The third kappa shape index (κ3) is 3.12. The molecule has 3 heterocycles. The molecular formula is C22H20N6O2. The average molecular weight is 400 g/mol. The standard InChI is InChI=1S/C22H20N6O2/c1-30-22-25-16-9-5-6-10-17(16)28(22)21-26-18-15(11-12-23-20(18)29)19(27-21)24-13-14-7-3-2-4-8-14/h2-10,12,21,26H,11,13H2,1H3,(H,24,27). The van der Waals surface area contributed by atoms with E-state index in [4.69, 9.17) is 9.73 Å². The number of fused-ring (bicyclic) bond motifs is 1. The molecule has 0 spiro atoms. The van der Waals surface area contributed by atoms with Crippen molar-refractivity contribution in [1.29, 1.82) is 0 Å². The van der Waals surface area contributed by atoms with Gasteiger partial charge in [0.2, 0.25) is 0 Å². The first-order chi connectivity index (χ1) is 14.7. The minimum atomic E-state index is -0.502. The number of carbonyl (C=O) groups excluding carboxylic acids is 1. The lowest BCUT2D eigenvalue weighted by atomic mass is 10.0. The summed E-state index contributed by atoms with van der Waals surface area (Å²) in [6.45, 7) is 0.500. The number of dihydropyridines is 1. The predicted molar refractivity (Wildman–Crippen MR) is 114 cm³/mol. The van der Waals surface area contributed by atoms with Gasteiger partial charge in [-0.15, -0.1) is 0 Å². The quantitative estimate of drug-likeness (QED) is 0.702. The van der Waals surface area contributed by atoms with Gasteiger partial charge in [-0.25, -0.2) is 4.99 Å². The SMILES string of the molecule is COc1nc2ccccc2n1C1NC(=NCc2ccccc2)C2=C(N1)C(=O)N=CC2. The topological polar surface area (TPSA) is 92.9 Å². The summed E-state index contributed by atoms with van der Waals surface area (Å²) in [5.74, 6) is 0.357. The van der Waals surface area contributed by atoms with Crippen molar-refractivity contribution in [2.75, 3.05) is 7.11 Å². The Morgan fingerprint density at radius 1 is 1.13 bits per heavy atom.